The second-order valence-electron chi connectivity index (χ2n) is 3.22. The van der Waals surface area contributed by atoms with Gasteiger partial charge in [-0.25, -0.2) is 9.67 Å². The van der Waals surface area contributed by atoms with Crippen LogP contribution in [0.25, 0.3) is 5.82 Å². The summed E-state index contributed by atoms with van der Waals surface area (Å²) >= 11 is 0. The van der Waals surface area contributed by atoms with Crippen molar-refractivity contribution in [3.8, 4) is 11.9 Å². The molecule has 0 bridgehead atoms. The van der Waals surface area contributed by atoms with Crippen molar-refractivity contribution in [1.29, 1.82) is 5.26 Å². The van der Waals surface area contributed by atoms with Gasteiger partial charge in [0.2, 0.25) is 0 Å². The summed E-state index contributed by atoms with van der Waals surface area (Å²) in [5.41, 5.74) is 11.4. The van der Waals surface area contributed by atoms with E-state index in [0.29, 0.717) is 5.56 Å². The highest BCUT2D eigenvalue weighted by atomic mass is 16.1. The third-order valence-electron chi connectivity index (χ3n) is 2.15. The van der Waals surface area contributed by atoms with Crippen molar-refractivity contribution < 1.29 is 4.79 Å². The fourth-order valence-electron chi connectivity index (χ4n) is 1.32. The molecule has 7 heteroatoms. The van der Waals surface area contributed by atoms with Gasteiger partial charge < -0.3 is 11.5 Å². The first-order chi connectivity index (χ1) is 8.13. The van der Waals surface area contributed by atoms with Crippen molar-refractivity contribution in [2.24, 2.45) is 5.73 Å². The quantitative estimate of drug-likeness (QED) is 0.737. The van der Waals surface area contributed by atoms with Crippen LogP contribution in [-0.2, 0) is 0 Å². The van der Waals surface area contributed by atoms with E-state index < -0.39 is 5.91 Å². The minimum absolute atomic E-state index is 0.105. The number of anilines is 1. The second kappa shape index (κ2) is 3.94. The number of aromatic nitrogens is 3. The maximum atomic E-state index is 10.9. The van der Waals surface area contributed by atoms with Gasteiger partial charge in [0.05, 0.1) is 11.3 Å². The number of carbonyl (C=O) groups is 1. The van der Waals surface area contributed by atoms with Gasteiger partial charge >= 0.3 is 0 Å². The minimum atomic E-state index is -0.640. The maximum absolute atomic E-state index is 10.9. The average molecular weight is 228 g/mol. The van der Waals surface area contributed by atoms with Crippen LogP contribution in [0.1, 0.15) is 16.1 Å². The molecule has 84 valence electrons. The highest BCUT2D eigenvalue weighted by molar-refractivity contribution is 5.90. The molecule has 0 saturated heterocycles. The molecule has 0 aliphatic heterocycles. The lowest BCUT2D eigenvalue weighted by Gasteiger charge is -2.04. The first-order valence-corrected chi connectivity index (χ1v) is 4.64. The highest BCUT2D eigenvalue weighted by Crippen LogP contribution is 2.17. The van der Waals surface area contributed by atoms with Crippen molar-refractivity contribution in [1.82, 2.24) is 14.8 Å². The van der Waals surface area contributed by atoms with Crippen LogP contribution in [0.3, 0.4) is 0 Å². The van der Waals surface area contributed by atoms with Gasteiger partial charge in [0.1, 0.15) is 11.8 Å². The lowest BCUT2D eigenvalue weighted by molar-refractivity contribution is 0.0995. The van der Waals surface area contributed by atoms with E-state index in [4.69, 9.17) is 16.7 Å². The molecule has 0 spiro atoms. The van der Waals surface area contributed by atoms with Crippen molar-refractivity contribution in [3.63, 3.8) is 0 Å². The Morgan fingerprint density at radius 3 is 2.82 bits per heavy atom. The number of nitrogens with two attached hydrogens (primary N) is 2. The third-order valence-corrected chi connectivity index (χ3v) is 2.15. The van der Waals surface area contributed by atoms with E-state index in [1.54, 1.807) is 0 Å². The SMILES string of the molecule is N#Cc1ccnc(-n2ccc(C(N)=O)n2)c1N. The lowest BCUT2D eigenvalue weighted by Crippen LogP contribution is -2.13. The van der Waals surface area contributed by atoms with E-state index in [1.165, 1.54) is 29.2 Å². The first-order valence-electron chi connectivity index (χ1n) is 4.64. The second-order valence-corrected chi connectivity index (χ2v) is 3.22. The molecular formula is C10H8N6O. The predicted octanol–water partition coefficient (Wildman–Crippen LogP) is -0.180. The number of amides is 1. The van der Waals surface area contributed by atoms with Crippen molar-refractivity contribution in [2.45, 2.75) is 0 Å². The van der Waals surface area contributed by atoms with E-state index in [1.807, 2.05) is 6.07 Å². The highest BCUT2D eigenvalue weighted by Gasteiger charge is 2.11. The van der Waals surface area contributed by atoms with Crippen molar-refractivity contribution >= 4 is 11.6 Å². The summed E-state index contributed by atoms with van der Waals surface area (Å²) in [7, 11) is 0. The Hall–Kier alpha value is -2.88. The van der Waals surface area contributed by atoms with E-state index >= 15 is 0 Å². The summed E-state index contributed by atoms with van der Waals surface area (Å²) in [6.07, 6.45) is 2.94. The number of primary amides is 1. The molecule has 0 radical (unpaired) electrons. The summed E-state index contributed by atoms with van der Waals surface area (Å²) in [5, 5.41) is 12.7. The molecule has 2 aromatic heterocycles. The Kier molecular flexibility index (Phi) is 2.46. The number of pyridine rings is 1. The molecule has 0 saturated carbocycles. The summed E-state index contributed by atoms with van der Waals surface area (Å²) in [4.78, 5) is 14.9. The zero-order chi connectivity index (χ0) is 12.4. The molecule has 0 aliphatic rings. The Balaban J connectivity index is 2.53. The largest absolute Gasteiger partial charge is 0.395 e. The smallest absolute Gasteiger partial charge is 0.269 e. The van der Waals surface area contributed by atoms with Crippen LogP contribution in [0.15, 0.2) is 24.5 Å². The number of hydrogen-bond acceptors (Lipinski definition) is 5. The molecule has 2 aromatic rings. The Bertz CT molecular complexity index is 624. The van der Waals surface area contributed by atoms with Gasteiger partial charge in [0.15, 0.2) is 5.82 Å². The van der Waals surface area contributed by atoms with Crippen molar-refractivity contribution in [3.05, 3.63) is 35.8 Å². The van der Waals surface area contributed by atoms with E-state index in [0.717, 1.165) is 0 Å². The minimum Gasteiger partial charge on any atom is -0.395 e. The van der Waals surface area contributed by atoms with Crippen LogP contribution in [-0.4, -0.2) is 20.7 Å². The zero-order valence-electron chi connectivity index (χ0n) is 8.66. The van der Waals surface area contributed by atoms with Gasteiger partial charge in [0.25, 0.3) is 5.91 Å². The Morgan fingerprint density at radius 1 is 1.47 bits per heavy atom. The van der Waals surface area contributed by atoms with Gasteiger partial charge in [0, 0.05) is 12.4 Å². The number of rotatable bonds is 2. The topological polar surface area (TPSA) is 124 Å². The number of nitriles is 1. The molecule has 17 heavy (non-hydrogen) atoms. The van der Waals surface area contributed by atoms with Crippen LogP contribution < -0.4 is 11.5 Å². The predicted molar refractivity (Wildman–Crippen MR) is 59.0 cm³/mol. The summed E-state index contributed by atoms with van der Waals surface area (Å²) in [6.45, 7) is 0. The van der Waals surface area contributed by atoms with Crippen molar-refractivity contribution in [2.75, 3.05) is 5.73 Å². The molecule has 7 nitrogen and oxygen atoms in total. The van der Waals surface area contributed by atoms with E-state index in [2.05, 4.69) is 10.1 Å². The molecular weight excluding hydrogens is 220 g/mol. The van der Waals surface area contributed by atoms with Crippen LogP contribution in [0, 0.1) is 11.3 Å². The average Bonchev–Trinajstić information content (AvgIpc) is 2.78. The Morgan fingerprint density at radius 2 is 2.24 bits per heavy atom. The zero-order valence-corrected chi connectivity index (χ0v) is 8.66. The van der Waals surface area contributed by atoms with Crippen LogP contribution in [0.5, 0.6) is 0 Å². The first kappa shape index (κ1) is 10.6. The molecule has 2 rings (SSSR count). The monoisotopic (exact) mass is 228 g/mol. The van der Waals surface area contributed by atoms with Crippen LogP contribution in [0.4, 0.5) is 5.69 Å². The van der Waals surface area contributed by atoms with Crippen LogP contribution >= 0.6 is 0 Å². The van der Waals surface area contributed by atoms with Gasteiger partial charge in [-0.1, -0.05) is 0 Å². The molecule has 0 fully saturated rings. The summed E-state index contributed by atoms with van der Waals surface area (Å²) in [6, 6.07) is 4.88. The number of nitrogen functional groups attached to an aromatic ring is 1. The normalized spacial score (nSPS) is 9.82. The molecule has 1 amide bonds. The molecule has 0 aromatic carbocycles. The van der Waals surface area contributed by atoms with E-state index in [9.17, 15) is 4.79 Å². The number of hydrogen-bond donors (Lipinski definition) is 2. The molecule has 2 heterocycles. The summed E-state index contributed by atoms with van der Waals surface area (Å²) in [5.74, 6) is -0.352. The number of carbonyl (C=O) groups excluding carboxylic acids is 1. The van der Waals surface area contributed by atoms with Gasteiger partial charge in [-0.3, -0.25) is 4.79 Å². The molecule has 0 aliphatic carbocycles. The van der Waals surface area contributed by atoms with Gasteiger partial charge in [-0.05, 0) is 12.1 Å². The lowest BCUT2D eigenvalue weighted by atomic mass is 10.2. The van der Waals surface area contributed by atoms with Gasteiger partial charge in [-0.15, -0.1) is 0 Å². The van der Waals surface area contributed by atoms with Gasteiger partial charge in [-0.2, -0.15) is 10.4 Å². The molecule has 0 atom stereocenters. The third kappa shape index (κ3) is 1.79. The Labute approximate surface area is 96.3 Å². The number of nitrogens with zero attached hydrogens (tertiary/aromatic N) is 4. The van der Waals surface area contributed by atoms with Crippen LogP contribution in [0.2, 0.25) is 0 Å². The molecule has 0 unspecified atom stereocenters. The van der Waals surface area contributed by atoms with E-state index in [-0.39, 0.29) is 17.2 Å². The maximum Gasteiger partial charge on any atom is 0.269 e. The fourth-order valence-corrected chi connectivity index (χ4v) is 1.32. The molecule has 4 N–H and O–H groups in total. The fraction of sp³-hybridized carbons (Fsp3) is 0. The standard InChI is InChI=1S/C10H8N6O/c11-5-6-1-3-14-10(8(6)12)16-4-2-7(15-16)9(13)17/h1-4H,12H2,(H2,13,17). The summed E-state index contributed by atoms with van der Waals surface area (Å²) < 4.78 is 1.30.